The van der Waals surface area contributed by atoms with Gasteiger partial charge in [0.25, 0.3) is 5.56 Å². The van der Waals surface area contributed by atoms with Crippen molar-refractivity contribution in [2.75, 3.05) is 5.73 Å². The number of fused-ring (bicyclic) bond motifs is 1. The molecule has 0 fully saturated rings. The second-order valence-corrected chi connectivity index (χ2v) is 3.70. The predicted octanol–water partition coefficient (Wildman–Crippen LogP) is -0.0393. The zero-order valence-electron chi connectivity index (χ0n) is 10.2. The highest BCUT2D eigenvalue weighted by Crippen LogP contribution is 2.25. The lowest BCUT2D eigenvalue weighted by Gasteiger charge is -2.12. The molecule has 2 rings (SSSR count). The van der Waals surface area contributed by atoms with Gasteiger partial charge < -0.3 is 10.5 Å². The molecule has 0 spiro atoms. The third kappa shape index (κ3) is 2.08. The van der Waals surface area contributed by atoms with Gasteiger partial charge in [-0.2, -0.15) is 0 Å². The molecule has 0 unspecified atom stereocenters. The van der Waals surface area contributed by atoms with Gasteiger partial charge >= 0.3 is 6.09 Å². The van der Waals surface area contributed by atoms with Crippen LogP contribution in [0.15, 0.2) is 23.1 Å². The van der Waals surface area contributed by atoms with Crippen molar-refractivity contribution in [3.63, 3.8) is 0 Å². The SMILES string of the molecule is CCn1c(=O)c(OC(=O)NN)c(N)c2cccnc21. The number of aryl methyl sites for hydroxylation is 1. The van der Waals surface area contributed by atoms with E-state index in [2.05, 4.69) is 4.98 Å². The lowest BCUT2D eigenvalue weighted by Crippen LogP contribution is -2.35. The predicted molar refractivity (Wildman–Crippen MR) is 69.4 cm³/mol. The van der Waals surface area contributed by atoms with Crippen LogP contribution in [0, 0.1) is 0 Å². The average molecular weight is 263 g/mol. The molecule has 0 saturated carbocycles. The molecule has 5 N–H and O–H groups in total. The van der Waals surface area contributed by atoms with Crippen LogP contribution in [0.25, 0.3) is 11.0 Å². The number of hydrazine groups is 1. The number of nitrogen functional groups attached to an aromatic ring is 1. The Kier molecular flexibility index (Phi) is 3.34. The quantitative estimate of drug-likeness (QED) is 0.396. The number of aromatic nitrogens is 2. The Morgan fingerprint density at radius 1 is 1.58 bits per heavy atom. The number of nitrogens with one attached hydrogen (secondary N) is 1. The molecular weight excluding hydrogens is 250 g/mol. The number of pyridine rings is 2. The smallest absolute Gasteiger partial charge is 0.401 e. The average Bonchev–Trinajstić information content (AvgIpc) is 2.44. The molecule has 0 aliphatic heterocycles. The Morgan fingerprint density at radius 2 is 2.32 bits per heavy atom. The first kappa shape index (κ1) is 12.8. The molecule has 2 heterocycles. The molecule has 2 aromatic rings. The van der Waals surface area contributed by atoms with Crippen molar-refractivity contribution in [2.45, 2.75) is 13.5 Å². The first-order valence-electron chi connectivity index (χ1n) is 5.55. The maximum Gasteiger partial charge on any atom is 0.427 e. The summed E-state index contributed by atoms with van der Waals surface area (Å²) in [6, 6.07) is 3.37. The summed E-state index contributed by atoms with van der Waals surface area (Å²) in [4.78, 5) is 27.4. The number of nitrogens with two attached hydrogens (primary N) is 2. The highest BCUT2D eigenvalue weighted by Gasteiger charge is 2.18. The third-order valence-electron chi connectivity index (χ3n) is 2.65. The summed E-state index contributed by atoms with van der Waals surface area (Å²) in [5, 5.41) is 0.531. The van der Waals surface area contributed by atoms with E-state index in [1.54, 1.807) is 30.7 Å². The van der Waals surface area contributed by atoms with Crippen LogP contribution in [0.5, 0.6) is 5.75 Å². The Labute approximate surface area is 107 Å². The number of carbonyl (C=O) groups excluding carboxylic acids is 1. The van der Waals surface area contributed by atoms with Crippen LogP contribution in [0.3, 0.4) is 0 Å². The summed E-state index contributed by atoms with van der Waals surface area (Å²) in [6.07, 6.45) is 0.593. The standard InChI is InChI=1S/C11H13N5O3/c1-2-16-9-6(4-3-5-14-9)7(12)8(10(16)17)19-11(18)15-13/h3-5H,2,12-13H2,1H3,(H,15,18). The van der Waals surface area contributed by atoms with Crippen LogP contribution >= 0.6 is 0 Å². The van der Waals surface area contributed by atoms with Gasteiger partial charge in [0, 0.05) is 18.1 Å². The highest BCUT2D eigenvalue weighted by atomic mass is 16.6. The van der Waals surface area contributed by atoms with E-state index in [4.69, 9.17) is 16.3 Å². The molecule has 8 nitrogen and oxygen atoms in total. The molecule has 0 bridgehead atoms. The van der Waals surface area contributed by atoms with Gasteiger partial charge in [0.1, 0.15) is 5.65 Å². The normalized spacial score (nSPS) is 10.4. The molecular formula is C11H13N5O3. The van der Waals surface area contributed by atoms with E-state index in [9.17, 15) is 9.59 Å². The lowest BCUT2D eigenvalue weighted by atomic mass is 10.2. The summed E-state index contributed by atoms with van der Waals surface area (Å²) in [5.41, 5.74) is 7.58. The molecule has 0 aromatic carbocycles. The fourth-order valence-corrected chi connectivity index (χ4v) is 1.79. The van der Waals surface area contributed by atoms with Gasteiger partial charge in [-0.3, -0.25) is 14.8 Å². The summed E-state index contributed by atoms with van der Waals surface area (Å²) in [7, 11) is 0. The van der Waals surface area contributed by atoms with Crippen LogP contribution in [0.1, 0.15) is 6.92 Å². The van der Waals surface area contributed by atoms with Crippen molar-refractivity contribution >= 4 is 22.8 Å². The molecule has 8 heteroatoms. The van der Waals surface area contributed by atoms with Crippen molar-refractivity contribution in [3.8, 4) is 5.75 Å². The molecule has 0 saturated heterocycles. The summed E-state index contributed by atoms with van der Waals surface area (Å²) in [6.45, 7) is 2.14. The minimum atomic E-state index is -0.963. The van der Waals surface area contributed by atoms with E-state index in [0.29, 0.717) is 17.6 Å². The van der Waals surface area contributed by atoms with Crippen molar-refractivity contribution in [1.29, 1.82) is 0 Å². The molecule has 19 heavy (non-hydrogen) atoms. The molecule has 0 atom stereocenters. The Hall–Kier alpha value is -2.61. The summed E-state index contributed by atoms with van der Waals surface area (Å²) >= 11 is 0. The van der Waals surface area contributed by atoms with Crippen molar-refractivity contribution in [2.24, 2.45) is 5.84 Å². The second kappa shape index (κ2) is 4.94. The molecule has 0 radical (unpaired) electrons. The number of amides is 1. The first-order valence-corrected chi connectivity index (χ1v) is 5.55. The molecule has 0 aliphatic carbocycles. The minimum absolute atomic E-state index is 0.0569. The largest absolute Gasteiger partial charge is 0.427 e. The molecule has 100 valence electrons. The Bertz CT molecular complexity index is 695. The zero-order valence-corrected chi connectivity index (χ0v) is 10.2. The van der Waals surface area contributed by atoms with E-state index in [1.165, 1.54) is 4.57 Å². The van der Waals surface area contributed by atoms with Crippen LogP contribution in [0.2, 0.25) is 0 Å². The number of hydrogen-bond acceptors (Lipinski definition) is 6. The van der Waals surface area contributed by atoms with Crippen LogP contribution in [0.4, 0.5) is 10.5 Å². The Balaban J connectivity index is 2.77. The van der Waals surface area contributed by atoms with Gasteiger partial charge in [-0.05, 0) is 19.1 Å². The molecule has 0 aliphatic rings. The van der Waals surface area contributed by atoms with Crippen molar-refractivity contribution < 1.29 is 9.53 Å². The number of carbonyl (C=O) groups is 1. The fraction of sp³-hybridized carbons (Fsp3) is 0.182. The summed E-state index contributed by atoms with van der Waals surface area (Å²) in [5.74, 6) is 4.66. The minimum Gasteiger partial charge on any atom is -0.401 e. The van der Waals surface area contributed by atoms with Gasteiger partial charge in [-0.25, -0.2) is 15.6 Å². The van der Waals surface area contributed by atoms with Gasteiger partial charge in [-0.15, -0.1) is 0 Å². The maximum atomic E-state index is 12.2. The van der Waals surface area contributed by atoms with E-state index in [-0.39, 0.29) is 11.4 Å². The third-order valence-corrected chi connectivity index (χ3v) is 2.65. The number of anilines is 1. The lowest BCUT2D eigenvalue weighted by molar-refractivity contribution is 0.200. The number of nitrogens with zero attached hydrogens (tertiary/aromatic N) is 2. The van der Waals surface area contributed by atoms with Gasteiger partial charge in [0.05, 0.1) is 5.69 Å². The maximum absolute atomic E-state index is 12.2. The number of hydrogen-bond donors (Lipinski definition) is 3. The molecule has 2 aromatic heterocycles. The number of rotatable bonds is 2. The molecule has 1 amide bonds. The van der Waals surface area contributed by atoms with Crippen molar-refractivity contribution in [3.05, 3.63) is 28.7 Å². The van der Waals surface area contributed by atoms with Crippen LogP contribution in [-0.4, -0.2) is 15.6 Å². The Morgan fingerprint density at radius 3 is 2.95 bits per heavy atom. The van der Waals surface area contributed by atoms with E-state index >= 15 is 0 Å². The van der Waals surface area contributed by atoms with Crippen molar-refractivity contribution in [1.82, 2.24) is 15.0 Å². The van der Waals surface area contributed by atoms with Gasteiger partial charge in [0.15, 0.2) is 0 Å². The van der Waals surface area contributed by atoms with Crippen LogP contribution in [-0.2, 0) is 6.54 Å². The second-order valence-electron chi connectivity index (χ2n) is 3.70. The monoisotopic (exact) mass is 263 g/mol. The van der Waals surface area contributed by atoms with E-state index < -0.39 is 11.7 Å². The number of ether oxygens (including phenoxy) is 1. The van der Waals surface area contributed by atoms with E-state index in [0.717, 1.165) is 0 Å². The van der Waals surface area contributed by atoms with Gasteiger partial charge in [-0.1, -0.05) is 0 Å². The topological polar surface area (TPSA) is 125 Å². The summed E-state index contributed by atoms with van der Waals surface area (Å²) < 4.78 is 6.18. The fourth-order valence-electron chi connectivity index (χ4n) is 1.79. The zero-order chi connectivity index (χ0) is 14.0. The van der Waals surface area contributed by atoms with E-state index in [1.807, 2.05) is 0 Å². The first-order chi connectivity index (χ1) is 9.10. The van der Waals surface area contributed by atoms with Gasteiger partial charge in [0.2, 0.25) is 5.75 Å². The highest BCUT2D eigenvalue weighted by molar-refractivity contribution is 5.92. The van der Waals surface area contributed by atoms with Crippen LogP contribution < -0.4 is 27.3 Å².